The highest BCUT2D eigenvalue weighted by Crippen LogP contribution is 2.29. The lowest BCUT2D eigenvalue weighted by Crippen LogP contribution is -2.30. The summed E-state index contributed by atoms with van der Waals surface area (Å²) in [5.74, 6) is 0. The molecule has 1 aromatic heterocycles. The van der Waals surface area contributed by atoms with E-state index in [-0.39, 0.29) is 29.4 Å². The van der Waals surface area contributed by atoms with Crippen molar-refractivity contribution < 1.29 is 13.3 Å². The van der Waals surface area contributed by atoms with Crippen LogP contribution in [-0.2, 0) is 10.0 Å². The number of sulfonamides is 1. The summed E-state index contributed by atoms with van der Waals surface area (Å²) < 4.78 is 26.3. The molecule has 1 heterocycles. The van der Waals surface area contributed by atoms with Crippen LogP contribution in [-0.4, -0.2) is 37.0 Å². The maximum atomic E-state index is 12.5. The van der Waals surface area contributed by atoms with Crippen LogP contribution >= 0.6 is 11.3 Å². The molecule has 2 rings (SSSR count). The fourth-order valence-corrected chi connectivity index (χ4v) is 4.57. The lowest BCUT2D eigenvalue weighted by atomic mass is 10.3. The first-order chi connectivity index (χ1) is 12.3. The molecular formula is C16H20N4O4S2. The number of rotatable bonds is 8. The van der Waals surface area contributed by atoms with Gasteiger partial charge in [-0.15, -0.1) is 11.3 Å². The molecule has 0 bridgehead atoms. The lowest BCUT2D eigenvalue weighted by Gasteiger charge is -2.18. The number of hydrogen-bond acceptors (Lipinski definition) is 7. The monoisotopic (exact) mass is 396 g/mol. The summed E-state index contributed by atoms with van der Waals surface area (Å²) in [5, 5.41) is 17.3. The second-order valence-corrected chi connectivity index (χ2v) is 8.25. The standard InChI is InChI=1S/C16H20N4O4S2/c1-4-19(5-2)26(23,24)13-6-7-14(15(10-13)20(21)22)18-17-11-16-12(3)8-9-25-16/h6-11,18H,4-5H2,1-3H3/b17-11-. The number of aryl methyl sites for hydroxylation is 1. The van der Waals surface area contributed by atoms with Gasteiger partial charge in [0.15, 0.2) is 0 Å². The molecule has 140 valence electrons. The Bertz CT molecular complexity index is 918. The molecule has 0 spiro atoms. The molecule has 0 atom stereocenters. The Morgan fingerprint density at radius 1 is 1.31 bits per heavy atom. The van der Waals surface area contributed by atoms with Crippen LogP contribution in [0.5, 0.6) is 0 Å². The van der Waals surface area contributed by atoms with Crippen molar-refractivity contribution in [1.82, 2.24) is 4.31 Å². The summed E-state index contributed by atoms with van der Waals surface area (Å²) in [6.45, 7) is 5.95. The van der Waals surface area contributed by atoms with Gasteiger partial charge in [-0.05, 0) is 36.1 Å². The first-order valence-electron chi connectivity index (χ1n) is 7.93. The van der Waals surface area contributed by atoms with Gasteiger partial charge in [-0.1, -0.05) is 13.8 Å². The quantitative estimate of drug-likeness (QED) is 0.418. The van der Waals surface area contributed by atoms with Gasteiger partial charge in [0.25, 0.3) is 5.69 Å². The van der Waals surface area contributed by atoms with Gasteiger partial charge in [-0.3, -0.25) is 15.5 Å². The molecule has 0 aliphatic rings. The van der Waals surface area contributed by atoms with Crippen molar-refractivity contribution in [2.24, 2.45) is 5.10 Å². The highest BCUT2D eigenvalue weighted by Gasteiger charge is 2.25. The second-order valence-electron chi connectivity index (χ2n) is 5.36. The van der Waals surface area contributed by atoms with Crippen LogP contribution < -0.4 is 5.43 Å². The highest BCUT2D eigenvalue weighted by atomic mass is 32.2. The fraction of sp³-hybridized carbons (Fsp3) is 0.312. The summed E-state index contributed by atoms with van der Waals surface area (Å²) in [5.41, 5.74) is 3.45. The smallest absolute Gasteiger partial charge is 0.272 e. The normalized spacial score (nSPS) is 12.0. The van der Waals surface area contributed by atoms with Crippen molar-refractivity contribution in [3.8, 4) is 0 Å². The van der Waals surface area contributed by atoms with E-state index in [0.717, 1.165) is 16.5 Å². The van der Waals surface area contributed by atoms with Crippen LogP contribution in [0.2, 0.25) is 0 Å². The number of nitro groups is 1. The Hall–Kier alpha value is -2.30. The SMILES string of the molecule is CCN(CC)S(=O)(=O)c1ccc(N/N=C\c2sccc2C)c([N+](=O)[O-])c1. The van der Waals surface area contributed by atoms with E-state index >= 15 is 0 Å². The summed E-state index contributed by atoms with van der Waals surface area (Å²) in [7, 11) is -3.77. The van der Waals surface area contributed by atoms with Gasteiger partial charge in [-0.2, -0.15) is 9.41 Å². The van der Waals surface area contributed by atoms with Crippen molar-refractivity contribution in [2.75, 3.05) is 18.5 Å². The third kappa shape index (κ3) is 4.26. The molecular weight excluding hydrogens is 376 g/mol. The number of anilines is 1. The van der Waals surface area contributed by atoms with Gasteiger partial charge in [0.05, 0.1) is 16.0 Å². The van der Waals surface area contributed by atoms with Crippen molar-refractivity contribution in [3.63, 3.8) is 0 Å². The van der Waals surface area contributed by atoms with Gasteiger partial charge >= 0.3 is 0 Å². The zero-order valence-electron chi connectivity index (χ0n) is 14.7. The topological polar surface area (TPSA) is 105 Å². The summed E-state index contributed by atoms with van der Waals surface area (Å²) >= 11 is 1.50. The van der Waals surface area contributed by atoms with Gasteiger partial charge in [0, 0.05) is 24.0 Å². The van der Waals surface area contributed by atoms with Gasteiger partial charge in [0.2, 0.25) is 10.0 Å². The highest BCUT2D eigenvalue weighted by molar-refractivity contribution is 7.89. The van der Waals surface area contributed by atoms with E-state index < -0.39 is 14.9 Å². The molecule has 0 amide bonds. The minimum atomic E-state index is -3.77. The van der Waals surface area contributed by atoms with E-state index in [1.54, 1.807) is 20.1 Å². The molecule has 10 heteroatoms. The fourth-order valence-electron chi connectivity index (χ4n) is 2.31. The average Bonchev–Trinajstić information content (AvgIpc) is 3.00. The Balaban J connectivity index is 2.33. The van der Waals surface area contributed by atoms with Crippen molar-refractivity contribution in [3.05, 3.63) is 50.2 Å². The largest absolute Gasteiger partial charge is 0.295 e. The molecule has 0 saturated carbocycles. The minimum absolute atomic E-state index is 0.114. The van der Waals surface area contributed by atoms with Crippen LogP contribution in [0.15, 0.2) is 39.6 Å². The molecule has 1 aromatic carbocycles. The van der Waals surface area contributed by atoms with E-state index in [9.17, 15) is 18.5 Å². The number of nitro benzene ring substituents is 1. The first kappa shape index (κ1) is 20.0. The Labute approximate surface area is 156 Å². The van der Waals surface area contributed by atoms with Crippen LogP contribution in [0, 0.1) is 17.0 Å². The zero-order chi connectivity index (χ0) is 19.3. The maximum absolute atomic E-state index is 12.5. The second kappa shape index (κ2) is 8.39. The molecule has 0 unspecified atom stereocenters. The molecule has 1 N–H and O–H groups in total. The molecule has 26 heavy (non-hydrogen) atoms. The molecule has 0 aliphatic heterocycles. The zero-order valence-corrected chi connectivity index (χ0v) is 16.3. The molecule has 0 radical (unpaired) electrons. The summed E-state index contributed by atoms with van der Waals surface area (Å²) in [6.07, 6.45) is 1.57. The number of benzene rings is 1. The average molecular weight is 396 g/mol. The lowest BCUT2D eigenvalue weighted by molar-refractivity contribution is -0.384. The van der Waals surface area contributed by atoms with Gasteiger partial charge < -0.3 is 0 Å². The molecule has 0 saturated heterocycles. The molecule has 8 nitrogen and oxygen atoms in total. The van der Waals surface area contributed by atoms with E-state index in [1.807, 2.05) is 18.4 Å². The summed E-state index contributed by atoms with van der Waals surface area (Å²) in [4.78, 5) is 11.6. The Kier molecular flexibility index (Phi) is 6.46. The number of hydrazone groups is 1. The number of hydrogen-bond donors (Lipinski definition) is 1. The van der Waals surface area contributed by atoms with Crippen LogP contribution in [0.1, 0.15) is 24.3 Å². The third-order valence-electron chi connectivity index (χ3n) is 3.78. The van der Waals surface area contributed by atoms with Crippen molar-refractivity contribution >= 4 is 38.9 Å². The van der Waals surface area contributed by atoms with Gasteiger partial charge in [-0.25, -0.2) is 8.42 Å². The maximum Gasteiger partial charge on any atom is 0.295 e. The molecule has 0 fully saturated rings. The van der Waals surface area contributed by atoms with Crippen LogP contribution in [0.25, 0.3) is 0 Å². The van der Waals surface area contributed by atoms with E-state index in [4.69, 9.17) is 0 Å². The number of nitrogens with zero attached hydrogens (tertiary/aromatic N) is 3. The Morgan fingerprint density at radius 2 is 2.00 bits per heavy atom. The molecule has 2 aromatic rings. The predicted octanol–water partition coefficient (Wildman–Crippen LogP) is 3.44. The summed E-state index contributed by atoms with van der Waals surface area (Å²) in [6, 6.07) is 5.70. The van der Waals surface area contributed by atoms with Crippen LogP contribution in [0.3, 0.4) is 0 Å². The van der Waals surface area contributed by atoms with Crippen LogP contribution in [0.4, 0.5) is 11.4 Å². The Morgan fingerprint density at radius 3 is 2.54 bits per heavy atom. The predicted molar refractivity (Wildman–Crippen MR) is 103 cm³/mol. The third-order valence-corrected chi connectivity index (χ3v) is 6.78. The number of thiophene rings is 1. The molecule has 0 aliphatic carbocycles. The first-order valence-corrected chi connectivity index (χ1v) is 10.2. The minimum Gasteiger partial charge on any atom is -0.272 e. The van der Waals surface area contributed by atoms with E-state index in [0.29, 0.717) is 0 Å². The van der Waals surface area contributed by atoms with E-state index in [2.05, 4.69) is 10.5 Å². The number of nitrogens with one attached hydrogen (secondary N) is 1. The van der Waals surface area contributed by atoms with E-state index in [1.165, 1.54) is 27.8 Å². The van der Waals surface area contributed by atoms with Crippen molar-refractivity contribution in [2.45, 2.75) is 25.7 Å². The van der Waals surface area contributed by atoms with Gasteiger partial charge in [0.1, 0.15) is 5.69 Å². The van der Waals surface area contributed by atoms with Crippen molar-refractivity contribution in [1.29, 1.82) is 0 Å².